The van der Waals surface area contributed by atoms with E-state index >= 15 is 0 Å². The number of rotatable bonds is 10. The highest BCUT2D eigenvalue weighted by Crippen LogP contribution is 2.17. The van der Waals surface area contributed by atoms with Crippen LogP contribution in [0.15, 0.2) is 24.3 Å². The first kappa shape index (κ1) is 17.6. The molecular formula is C12H18ClNO4S2. The summed E-state index contributed by atoms with van der Waals surface area (Å²) >= 11 is 5.84. The molecule has 0 aliphatic carbocycles. The summed E-state index contributed by atoms with van der Waals surface area (Å²) in [5.41, 5.74) is 0. The van der Waals surface area contributed by atoms with Crippen molar-refractivity contribution in [3.8, 4) is 5.75 Å². The number of benzene rings is 1. The Balaban J connectivity index is 1.95. The molecule has 0 spiro atoms. The number of hydrogen-bond donors (Lipinski definition) is 2. The Morgan fingerprint density at radius 2 is 2.10 bits per heavy atom. The lowest BCUT2D eigenvalue weighted by molar-refractivity contribution is 0.306. The van der Waals surface area contributed by atoms with Crippen molar-refractivity contribution in [1.82, 2.24) is 5.32 Å². The molecule has 0 saturated carbocycles. The third-order valence-corrected chi connectivity index (χ3v) is 4.62. The molecule has 1 rings (SSSR count). The van der Waals surface area contributed by atoms with Crippen molar-refractivity contribution in [2.75, 3.05) is 25.4 Å². The van der Waals surface area contributed by atoms with Gasteiger partial charge in [-0.15, -0.1) is 0 Å². The lowest BCUT2D eigenvalue weighted by Crippen LogP contribution is -2.19. The Hall–Kier alpha value is -0.470. The average Bonchev–Trinajstić information content (AvgIpc) is 2.35. The van der Waals surface area contributed by atoms with Gasteiger partial charge in [0.1, 0.15) is 5.75 Å². The summed E-state index contributed by atoms with van der Waals surface area (Å²) in [6.45, 7) is 1.94. The van der Waals surface area contributed by atoms with E-state index in [1.165, 1.54) is 0 Å². The second-order valence-electron chi connectivity index (χ2n) is 4.01. The molecule has 1 aromatic rings. The van der Waals surface area contributed by atoms with Crippen LogP contribution in [-0.4, -0.2) is 38.4 Å². The molecule has 0 atom stereocenters. The molecule has 0 radical (unpaired) electrons. The van der Waals surface area contributed by atoms with Gasteiger partial charge < -0.3 is 10.1 Å². The maximum absolute atomic E-state index is 10.4. The molecule has 5 nitrogen and oxygen atoms in total. The van der Waals surface area contributed by atoms with Gasteiger partial charge in [-0.3, -0.25) is 4.55 Å². The molecule has 0 aliphatic heterocycles. The smallest absolute Gasteiger partial charge is 0.319 e. The van der Waals surface area contributed by atoms with Crippen LogP contribution in [0.1, 0.15) is 12.8 Å². The summed E-state index contributed by atoms with van der Waals surface area (Å²) in [6.07, 6.45) is 1.82. The van der Waals surface area contributed by atoms with Gasteiger partial charge in [-0.05, 0) is 48.4 Å². The van der Waals surface area contributed by atoms with Crippen molar-refractivity contribution in [1.29, 1.82) is 0 Å². The van der Waals surface area contributed by atoms with Crippen molar-refractivity contribution in [2.24, 2.45) is 0 Å². The van der Waals surface area contributed by atoms with Crippen molar-refractivity contribution in [3.63, 3.8) is 0 Å². The van der Waals surface area contributed by atoms with Crippen LogP contribution in [-0.2, 0) is 9.15 Å². The van der Waals surface area contributed by atoms with Crippen LogP contribution in [0.4, 0.5) is 0 Å². The fourth-order valence-corrected chi connectivity index (χ4v) is 2.94. The fourth-order valence-electron chi connectivity index (χ4n) is 1.44. The number of nitrogens with one attached hydrogen (secondary N) is 1. The zero-order valence-electron chi connectivity index (χ0n) is 10.9. The molecule has 0 fully saturated rings. The Kier molecular flexibility index (Phi) is 8.32. The van der Waals surface area contributed by atoms with Crippen molar-refractivity contribution in [2.45, 2.75) is 12.8 Å². The van der Waals surface area contributed by atoms with Crippen LogP contribution in [0.3, 0.4) is 0 Å². The van der Waals surface area contributed by atoms with E-state index in [2.05, 4.69) is 5.32 Å². The molecule has 0 amide bonds. The van der Waals surface area contributed by atoms with Gasteiger partial charge in [0, 0.05) is 17.3 Å². The Bertz CT molecular complexity index is 496. The third-order valence-electron chi connectivity index (χ3n) is 2.32. The Labute approximate surface area is 128 Å². The molecule has 0 saturated heterocycles. The number of hydrogen-bond acceptors (Lipinski definition) is 5. The minimum Gasteiger partial charge on any atom is -0.494 e. The highest BCUT2D eigenvalue weighted by Gasteiger charge is 2.03. The molecule has 0 aromatic heterocycles. The van der Waals surface area contributed by atoms with Crippen molar-refractivity contribution >= 4 is 31.5 Å². The molecule has 8 heteroatoms. The predicted octanol–water partition coefficient (Wildman–Crippen LogP) is 2.62. The van der Waals surface area contributed by atoms with E-state index in [1.54, 1.807) is 12.1 Å². The molecule has 20 heavy (non-hydrogen) atoms. The van der Waals surface area contributed by atoms with E-state index in [4.69, 9.17) is 20.9 Å². The minimum absolute atomic E-state index is 0.331. The maximum atomic E-state index is 10.4. The lowest BCUT2D eigenvalue weighted by atomic mass is 10.3. The Morgan fingerprint density at radius 3 is 2.80 bits per heavy atom. The van der Waals surface area contributed by atoms with Gasteiger partial charge >= 0.3 is 9.15 Å². The Morgan fingerprint density at radius 1 is 1.30 bits per heavy atom. The van der Waals surface area contributed by atoms with Gasteiger partial charge in [-0.2, -0.15) is 8.42 Å². The van der Waals surface area contributed by atoms with Gasteiger partial charge in [-0.1, -0.05) is 17.7 Å². The van der Waals surface area contributed by atoms with Gasteiger partial charge in [0.15, 0.2) is 0 Å². The number of ether oxygens (including phenoxy) is 1. The largest absolute Gasteiger partial charge is 0.494 e. The molecule has 1 aromatic carbocycles. The highest BCUT2D eigenvalue weighted by atomic mass is 35.5. The standard InChI is InChI=1S/C12H18ClNO4S2/c13-11-4-3-5-12(10-11)18-8-2-1-6-14-7-9-19-20(15,16)17/h3-5,10,14H,1-2,6-9H2,(H,15,16,17). The van der Waals surface area contributed by atoms with E-state index in [0.29, 0.717) is 34.7 Å². The first-order valence-electron chi connectivity index (χ1n) is 6.18. The summed E-state index contributed by atoms with van der Waals surface area (Å²) < 4.78 is 34.9. The van der Waals surface area contributed by atoms with Crippen LogP contribution >= 0.6 is 22.4 Å². The summed E-state index contributed by atoms with van der Waals surface area (Å²) in [5, 5.41) is 3.75. The molecule has 0 aliphatic rings. The van der Waals surface area contributed by atoms with Gasteiger partial charge in [0.2, 0.25) is 0 Å². The second kappa shape index (κ2) is 9.46. The van der Waals surface area contributed by atoms with E-state index in [-0.39, 0.29) is 0 Å². The predicted molar refractivity (Wildman–Crippen MR) is 83.1 cm³/mol. The van der Waals surface area contributed by atoms with Crippen LogP contribution in [0.25, 0.3) is 0 Å². The first-order valence-corrected chi connectivity index (χ1v) is 9.50. The van der Waals surface area contributed by atoms with E-state index in [1.807, 2.05) is 12.1 Å². The normalized spacial score (nSPS) is 11.5. The average molecular weight is 340 g/mol. The van der Waals surface area contributed by atoms with Gasteiger partial charge in [0.05, 0.1) is 6.61 Å². The highest BCUT2D eigenvalue weighted by molar-refractivity contribution is 8.69. The minimum atomic E-state index is -3.91. The van der Waals surface area contributed by atoms with Gasteiger partial charge in [0.25, 0.3) is 0 Å². The van der Waals surface area contributed by atoms with Crippen molar-refractivity contribution < 1.29 is 17.7 Å². The second-order valence-corrected chi connectivity index (χ2v) is 7.92. The topological polar surface area (TPSA) is 75.6 Å². The third kappa shape index (κ3) is 9.44. The molecule has 2 N–H and O–H groups in total. The summed E-state index contributed by atoms with van der Waals surface area (Å²) in [6, 6.07) is 7.26. The number of unbranched alkanes of at least 4 members (excludes halogenated alkanes) is 1. The number of halogens is 1. The molecule has 114 valence electrons. The monoisotopic (exact) mass is 339 g/mol. The SMILES string of the molecule is O=S(=O)(O)SCCNCCCCOc1cccc(Cl)c1. The zero-order chi connectivity index (χ0) is 14.8. The summed E-state index contributed by atoms with van der Waals surface area (Å²) in [5.74, 6) is 1.09. The van der Waals surface area contributed by atoms with E-state index < -0.39 is 9.15 Å². The van der Waals surface area contributed by atoms with Crippen LogP contribution in [0.5, 0.6) is 5.75 Å². The van der Waals surface area contributed by atoms with Crippen molar-refractivity contribution in [3.05, 3.63) is 29.3 Å². The van der Waals surface area contributed by atoms with Crippen LogP contribution in [0, 0.1) is 0 Å². The van der Waals surface area contributed by atoms with E-state index in [9.17, 15) is 8.42 Å². The summed E-state index contributed by atoms with van der Waals surface area (Å²) in [7, 11) is -3.39. The van der Waals surface area contributed by atoms with Gasteiger partial charge in [-0.25, -0.2) is 0 Å². The van der Waals surface area contributed by atoms with E-state index in [0.717, 1.165) is 25.1 Å². The van der Waals surface area contributed by atoms with Crippen LogP contribution in [0.2, 0.25) is 5.02 Å². The fraction of sp³-hybridized carbons (Fsp3) is 0.500. The zero-order valence-corrected chi connectivity index (χ0v) is 13.3. The quantitative estimate of drug-likeness (QED) is 0.388. The summed E-state index contributed by atoms with van der Waals surface area (Å²) in [4.78, 5) is 0. The molecule has 0 bridgehead atoms. The first-order chi connectivity index (χ1) is 9.47. The molecule has 0 heterocycles. The lowest BCUT2D eigenvalue weighted by Gasteiger charge is -2.07. The molecular weight excluding hydrogens is 322 g/mol. The maximum Gasteiger partial charge on any atom is 0.319 e. The van der Waals surface area contributed by atoms with Crippen LogP contribution < -0.4 is 10.1 Å². The molecule has 0 unspecified atom stereocenters.